The summed E-state index contributed by atoms with van der Waals surface area (Å²) < 4.78 is 2.38. The van der Waals surface area contributed by atoms with Gasteiger partial charge in [0.05, 0.1) is 11.0 Å². The first-order valence-electron chi connectivity index (χ1n) is 15.6. The lowest BCUT2D eigenvalue weighted by Gasteiger charge is -2.17. The maximum atomic E-state index is 2.38. The van der Waals surface area contributed by atoms with E-state index in [-0.39, 0.29) is 0 Å². The van der Waals surface area contributed by atoms with Crippen molar-refractivity contribution in [1.29, 1.82) is 0 Å². The number of benzene rings is 8. The van der Waals surface area contributed by atoms with E-state index in [4.69, 9.17) is 0 Å². The van der Waals surface area contributed by atoms with Crippen LogP contribution >= 0.6 is 0 Å². The second-order valence-electron chi connectivity index (χ2n) is 12.1. The second-order valence-corrected chi connectivity index (χ2v) is 12.1. The molecule has 1 heteroatoms. The average molecular weight is 562 g/mol. The van der Waals surface area contributed by atoms with Gasteiger partial charge in [0.1, 0.15) is 0 Å². The number of aryl methyl sites for hydroxylation is 2. The van der Waals surface area contributed by atoms with E-state index in [9.17, 15) is 0 Å². The monoisotopic (exact) mass is 561 g/mol. The topological polar surface area (TPSA) is 4.93 Å². The van der Waals surface area contributed by atoms with Gasteiger partial charge in [-0.05, 0) is 97.7 Å². The molecule has 0 amide bonds. The summed E-state index contributed by atoms with van der Waals surface area (Å²) in [7, 11) is 0. The number of fused-ring (bicyclic) bond motifs is 3. The second kappa shape index (κ2) is 9.56. The Morgan fingerprint density at radius 1 is 0.477 bits per heavy atom. The van der Waals surface area contributed by atoms with Crippen molar-refractivity contribution in [3.05, 3.63) is 151 Å². The summed E-state index contributed by atoms with van der Waals surface area (Å²) in [5.41, 5.74) is 11.5. The van der Waals surface area contributed by atoms with Gasteiger partial charge < -0.3 is 4.57 Å². The highest BCUT2D eigenvalue weighted by molar-refractivity contribution is 6.27. The molecule has 0 radical (unpaired) electrons. The van der Waals surface area contributed by atoms with E-state index >= 15 is 0 Å². The third-order valence-corrected chi connectivity index (χ3v) is 9.54. The predicted octanol–water partition coefficient (Wildman–Crippen LogP) is 11.9. The van der Waals surface area contributed by atoms with Crippen molar-refractivity contribution in [2.24, 2.45) is 0 Å². The molecule has 0 N–H and O–H groups in total. The van der Waals surface area contributed by atoms with Crippen molar-refractivity contribution in [2.75, 3.05) is 0 Å². The van der Waals surface area contributed by atoms with Gasteiger partial charge in [-0.25, -0.2) is 0 Å². The van der Waals surface area contributed by atoms with Gasteiger partial charge in [-0.15, -0.1) is 0 Å². The first kappa shape index (κ1) is 25.1. The van der Waals surface area contributed by atoms with Crippen LogP contribution in [0.2, 0.25) is 0 Å². The van der Waals surface area contributed by atoms with Crippen LogP contribution in [-0.4, -0.2) is 4.57 Å². The lowest BCUT2D eigenvalue weighted by molar-refractivity contribution is 1.13. The molecular weight excluding hydrogens is 530 g/mol. The van der Waals surface area contributed by atoms with Crippen LogP contribution in [-0.2, 0) is 6.42 Å². The fourth-order valence-corrected chi connectivity index (χ4v) is 7.52. The molecule has 0 spiro atoms. The molecule has 0 atom stereocenters. The maximum Gasteiger partial charge on any atom is 0.0541 e. The molecule has 0 saturated heterocycles. The summed E-state index contributed by atoms with van der Waals surface area (Å²) in [5.74, 6) is 0. The van der Waals surface area contributed by atoms with Crippen LogP contribution < -0.4 is 0 Å². The maximum absolute atomic E-state index is 2.38. The van der Waals surface area contributed by atoms with Gasteiger partial charge in [-0.2, -0.15) is 0 Å². The minimum absolute atomic E-state index is 1.04. The summed E-state index contributed by atoms with van der Waals surface area (Å²) in [6.07, 6.45) is 1.04. The molecule has 0 aliphatic carbocycles. The predicted molar refractivity (Wildman–Crippen MR) is 189 cm³/mol. The molecule has 8 aromatic carbocycles. The zero-order valence-corrected chi connectivity index (χ0v) is 24.9. The Hall–Kier alpha value is -5.40. The number of hydrogen-bond donors (Lipinski definition) is 0. The van der Waals surface area contributed by atoms with Crippen molar-refractivity contribution < 1.29 is 0 Å². The first-order chi connectivity index (χ1) is 21.7. The molecular formula is C43H31N. The van der Waals surface area contributed by atoms with Gasteiger partial charge in [0.2, 0.25) is 0 Å². The molecule has 9 rings (SSSR count). The van der Waals surface area contributed by atoms with Crippen LogP contribution in [0.1, 0.15) is 18.1 Å². The smallest absolute Gasteiger partial charge is 0.0541 e. The zero-order chi connectivity index (χ0) is 29.4. The van der Waals surface area contributed by atoms with Crippen LogP contribution in [0.25, 0.3) is 82.1 Å². The standard InChI is InChI=1S/C43H31N/c1-3-28-24-27(2)25-32(26-28)35-21-15-31-16-22-38-34(20-14-30-17-23-39(35)43(31)42(30)38)29-12-18-33(19-13-29)44-40-10-6-4-8-36(40)37-9-5-7-11-41(37)44/h4-26H,3H2,1-2H3. The highest BCUT2D eigenvalue weighted by atomic mass is 15.0. The number of nitrogens with zero attached hydrogens (tertiary/aromatic N) is 1. The van der Waals surface area contributed by atoms with E-state index in [0.717, 1.165) is 6.42 Å². The van der Waals surface area contributed by atoms with E-state index < -0.39 is 0 Å². The molecule has 1 heterocycles. The lowest BCUT2D eigenvalue weighted by atomic mass is 9.87. The van der Waals surface area contributed by atoms with Crippen molar-refractivity contribution in [3.8, 4) is 27.9 Å². The minimum atomic E-state index is 1.04. The van der Waals surface area contributed by atoms with E-state index in [0.29, 0.717) is 0 Å². The highest BCUT2D eigenvalue weighted by Gasteiger charge is 2.16. The van der Waals surface area contributed by atoms with E-state index in [1.54, 1.807) is 0 Å². The van der Waals surface area contributed by atoms with Crippen molar-refractivity contribution >= 4 is 54.1 Å². The third-order valence-electron chi connectivity index (χ3n) is 9.54. The Balaban J connectivity index is 1.22. The van der Waals surface area contributed by atoms with Gasteiger partial charge in [0.15, 0.2) is 0 Å². The molecule has 44 heavy (non-hydrogen) atoms. The summed E-state index contributed by atoms with van der Waals surface area (Å²) in [4.78, 5) is 0. The van der Waals surface area contributed by atoms with Crippen LogP contribution in [0.15, 0.2) is 140 Å². The number of hydrogen-bond acceptors (Lipinski definition) is 0. The van der Waals surface area contributed by atoms with E-state index in [2.05, 4.69) is 158 Å². The zero-order valence-electron chi connectivity index (χ0n) is 24.9. The summed E-state index contributed by atoms with van der Waals surface area (Å²) in [5, 5.41) is 10.5. The lowest BCUT2D eigenvalue weighted by Crippen LogP contribution is -1.94. The Kier molecular flexibility index (Phi) is 5.46. The highest BCUT2D eigenvalue weighted by Crippen LogP contribution is 2.43. The molecule has 1 aromatic heterocycles. The van der Waals surface area contributed by atoms with Crippen molar-refractivity contribution in [1.82, 2.24) is 4.57 Å². The fourth-order valence-electron chi connectivity index (χ4n) is 7.52. The van der Waals surface area contributed by atoms with Gasteiger partial charge in [-0.3, -0.25) is 0 Å². The minimum Gasteiger partial charge on any atom is -0.309 e. The summed E-state index contributed by atoms with van der Waals surface area (Å²) in [6, 6.07) is 52.0. The molecule has 208 valence electrons. The Labute approximate surface area is 257 Å². The van der Waals surface area contributed by atoms with Gasteiger partial charge >= 0.3 is 0 Å². The normalized spacial score (nSPS) is 12.0. The quantitative estimate of drug-likeness (QED) is 0.188. The molecule has 0 aliphatic rings. The third kappa shape index (κ3) is 3.66. The largest absolute Gasteiger partial charge is 0.309 e. The van der Waals surface area contributed by atoms with Crippen LogP contribution in [0.5, 0.6) is 0 Å². The average Bonchev–Trinajstić information content (AvgIpc) is 3.41. The molecule has 0 bridgehead atoms. The van der Waals surface area contributed by atoms with Crippen LogP contribution in [0.4, 0.5) is 0 Å². The summed E-state index contributed by atoms with van der Waals surface area (Å²) in [6.45, 7) is 4.44. The number of rotatable bonds is 4. The Morgan fingerprint density at radius 2 is 1.02 bits per heavy atom. The van der Waals surface area contributed by atoms with Crippen molar-refractivity contribution in [2.45, 2.75) is 20.3 Å². The SMILES string of the molecule is CCc1cc(C)cc(-c2ccc3ccc4c(-c5ccc(-n6c7ccccc7c7ccccc76)cc5)ccc5ccc2c3c54)c1. The van der Waals surface area contributed by atoms with E-state index in [1.807, 2.05) is 0 Å². The summed E-state index contributed by atoms with van der Waals surface area (Å²) >= 11 is 0. The fraction of sp³-hybridized carbons (Fsp3) is 0.0698. The molecule has 1 nitrogen and oxygen atoms in total. The molecule has 0 saturated carbocycles. The molecule has 9 aromatic rings. The number of para-hydroxylation sites is 2. The molecule has 0 fully saturated rings. The van der Waals surface area contributed by atoms with Gasteiger partial charge in [-0.1, -0.05) is 128 Å². The molecule has 0 unspecified atom stereocenters. The van der Waals surface area contributed by atoms with Gasteiger partial charge in [0.25, 0.3) is 0 Å². The molecule has 0 aliphatic heterocycles. The van der Waals surface area contributed by atoms with E-state index in [1.165, 1.54) is 93.2 Å². The van der Waals surface area contributed by atoms with Crippen molar-refractivity contribution in [3.63, 3.8) is 0 Å². The van der Waals surface area contributed by atoms with Crippen LogP contribution in [0, 0.1) is 6.92 Å². The Bertz CT molecular complexity index is 2470. The number of aromatic nitrogens is 1. The van der Waals surface area contributed by atoms with Gasteiger partial charge in [0, 0.05) is 16.5 Å². The first-order valence-corrected chi connectivity index (χ1v) is 15.6. The Morgan fingerprint density at radius 3 is 1.61 bits per heavy atom. The van der Waals surface area contributed by atoms with Crippen LogP contribution in [0.3, 0.4) is 0 Å².